The van der Waals surface area contributed by atoms with Crippen LogP contribution in [0.5, 0.6) is 0 Å². The molecule has 1 amide bonds. The molecule has 1 unspecified atom stereocenters. The van der Waals surface area contributed by atoms with E-state index in [2.05, 4.69) is 10.6 Å². The molecule has 1 aromatic rings. The zero-order valence-electron chi connectivity index (χ0n) is 11.1. The van der Waals surface area contributed by atoms with Crippen molar-refractivity contribution in [3.63, 3.8) is 0 Å². The van der Waals surface area contributed by atoms with Gasteiger partial charge in [0, 0.05) is 25.2 Å². The average molecular weight is 278 g/mol. The minimum Gasteiger partial charge on any atom is -0.481 e. The maximum Gasteiger partial charge on any atom is 0.303 e. The number of aliphatic carboxylic acids is 1. The van der Waals surface area contributed by atoms with Gasteiger partial charge in [0.2, 0.25) is 0 Å². The first-order valence-corrected chi connectivity index (χ1v) is 6.59. The molecule has 0 aromatic heterocycles. The van der Waals surface area contributed by atoms with Crippen molar-refractivity contribution >= 4 is 17.6 Å². The fourth-order valence-corrected chi connectivity index (χ4v) is 2.05. The summed E-state index contributed by atoms with van der Waals surface area (Å²) in [6, 6.07) is 7.22. The standard InChI is InChI=1S/C14H18N2O4/c17-13(18)6-5-10-3-1-2-4-11(10)16-14(19)12-9-15-7-8-20-12/h1-4,12,15H,5-9H2,(H,16,19)(H,17,18). The Morgan fingerprint density at radius 3 is 2.90 bits per heavy atom. The first-order valence-electron chi connectivity index (χ1n) is 6.59. The van der Waals surface area contributed by atoms with Gasteiger partial charge in [0.25, 0.3) is 5.91 Å². The summed E-state index contributed by atoms with van der Waals surface area (Å²) in [6.07, 6.45) is -0.0829. The molecule has 1 saturated heterocycles. The van der Waals surface area contributed by atoms with E-state index in [1.165, 1.54) is 0 Å². The largest absolute Gasteiger partial charge is 0.481 e. The fraction of sp³-hybridized carbons (Fsp3) is 0.429. The number of hydrogen-bond donors (Lipinski definition) is 3. The number of ether oxygens (including phenoxy) is 1. The highest BCUT2D eigenvalue weighted by Gasteiger charge is 2.22. The van der Waals surface area contributed by atoms with Gasteiger partial charge in [-0.3, -0.25) is 9.59 Å². The molecule has 20 heavy (non-hydrogen) atoms. The molecule has 6 nitrogen and oxygen atoms in total. The van der Waals surface area contributed by atoms with Gasteiger partial charge in [0.15, 0.2) is 0 Å². The molecule has 0 radical (unpaired) electrons. The van der Waals surface area contributed by atoms with Crippen LogP contribution in [-0.2, 0) is 20.7 Å². The van der Waals surface area contributed by atoms with Crippen LogP contribution in [0.1, 0.15) is 12.0 Å². The van der Waals surface area contributed by atoms with Gasteiger partial charge in [0.1, 0.15) is 6.10 Å². The van der Waals surface area contributed by atoms with E-state index in [1.54, 1.807) is 12.1 Å². The maximum atomic E-state index is 12.1. The van der Waals surface area contributed by atoms with Crippen LogP contribution in [0.2, 0.25) is 0 Å². The Labute approximate surface area is 117 Å². The SMILES string of the molecule is O=C(O)CCc1ccccc1NC(=O)C1CNCCO1. The van der Waals surface area contributed by atoms with Crippen molar-refractivity contribution in [3.05, 3.63) is 29.8 Å². The second-order valence-corrected chi connectivity index (χ2v) is 4.60. The van der Waals surface area contributed by atoms with E-state index in [0.717, 1.165) is 12.1 Å². The summed E-state index contributed by atoms with van der Waals surface area (Å²) in [5.41, 5.74) is 1.46. The van der Waals surface area contributed by atoms with E-state index < -0.39 is 12.1 Å². The third-order valence-corrected chi connectivity index (χ3v) is 3.10. The van der Waals surface area contributed by atoms with E-state index in [-0.39, 0.29) is 12.3 Å². The number of aryl methyl sites for hydroxylation is 1. The lowest BCUT2D eigenvalue weighted by Crippen LogP contribution is -2.45. The Morgan fingerprint density at radius 2 is 2.20 bits per heavy atom. The van der Waals surface area contributed by atoms with Gasteiger partial charge in [-0.15, -0.1) is 0 Å². The lowest BCUT2D eigenvalue weighted by molar-refractivity contribution is -0.137. The van der Waals surface area contributed by atoms with Crippen molar-refractivity contribution in [1.29, 1.82) is 0 Å². The number of rotatable bonds is 5. The topological polar surface area (TPSA) is 87.7 Å². The maximum absolute atomic E-state index is 12.1. The van der Waals surface area contributed by atoms with E-state index in [0.29, 0.717) is 25.3 Å². The van der Waals surface area contributed by atoms with Crippen molar-refractivity contribution < 1.29 is 19.4 Å². The predicted molar refractivity (Wildman–Crippen MR) is 73.6 cm³/mol. The van der Waals surface area contributed by atoms with Gasteiger partial charge >= 0.3 is 5.97 Å². The molecule has 108 valence electrons. The molecule has 6 heteroatoms. The monoisotopic (exact) mass is 278 g/mol. The molecule has 1 fully saturated rings. The number of carboxylic acid groups (broad SMARTS) is 1. The molecular formula is C14H18N2O4. The summed E-state index contributed by atoms with van der Waals surface area (Å²) in [6.45, 7) is 1.75. The molecule has 2 rings (SSSR count). The molecule has 0 spiro atoms. The Balaban J connectivity index is 2.00. The molecule has 1 heterocycles. The van der Waals surface area contributed by atoms with E-state index in [9.17, 15) is 9.59 Å². The van der Waals surface area contributed by atoms with Crippen LogP contribution < -0.4 is 10.6 Å². The van der Waals surface area contributed by atoms with Crippen molar-refractivity contribution in [2.75, 3.05) is 25.0 Å². The molecular weight excluding hydrogens is 260 g/mol. The minimum atomic E-state index is -0.856. The van der Waals surface area contributed by atoms with E-state index >= 15 is 0 Å². The number of nitrogens with one attached hydrogen (secondary N) is 2. The first kappa shape index (κ1) is 14.5. The van der Waals surface area contributed by atoms with E-state index in [1.807, 2.05) is 12.1 Å². The average Bonchev–Trinajstić information content (AvgIpc) is 2.47. The highest BCUT2D eigenvalue weighted by Crippen LogP contribution is 2.17. The molecule has 1 aliphatic heterocycles. The van der Waals surface area contributed by atoms with Gasteiger partial charge in [-0.1, -0.05) is 18.2 Å². The summed E-state index contributed by atoms with van der Waals surface area (Å²) < 4.78 is 5.38. The summed E-state index contributed by atoms with van der Waals surface area (Å²) in [7, 11) is 0. The van der Waals surface area contributed by atoms with Crippen LogP contribution in [-0.4, -0.2) is 42.8 Å². The van der Waals surface area contributed by atoms with Crippen molar-refractivity contribution in [2.24, 2.45) is 0 Å². The number of amides is 1. The lowest BCUT2D eigenvalue weighted by atomic mass is 10.1. The van der Waals surface area contributed by atoms with Gasteiger partial charge < -0.3 is 20.5 Å². The van der Waals surface area contributed by atoms with Gasteiger partial charge in [-0.05, 0) is 18.1 Å². The molecule has 1 aliphatic rings. The quantitative estimate of drug-likeness (QED) is 0.735. The number of hydrogen-bond acceptors (Lipinski definition) is 4. The highest BCUT2D eigenvalue weighted by atomic mass is 16.5. The van der Waals surface area contributed by atoms with Crippen LogP contribution >= 0.6 is 0 Å². The van der Waals surface area contributed by atoms with Crippen molar-refractivity contribution in [2.45, 2.75) is 18.9 Å². The van der Waals surface area contributed by atoms with Crippen LogP contribution in [0.4, 0.5) is 5.69 Å². The molecule has 1 atom stereocenters. The highest BCUT2D eigenvalue weighted by molar-refractivity contribution is 5.95. The van der Waals surface area contributed by atoms with Crippen LogP contribution in [0.3, 0.4) is 0 Å². The Bertz CT molecular complexity index is 484. The predicted octanol–water partition coefficient (Wildman–Crippen LogP) is 0.631. The smallest absolute Gasteiger partial charge is 0.303 e. The zero-order valence-corrected chi connectivity index (χ0v) is 11.1. The molecule has 0 aliphatic carbocycles. The van der Waals surface area contributed by atoms with Crippen LogP contribution in [0.15, 0.2) is 24.3 Å². The van der Waals surface area contributed by atoms with Crippen LogP contribution in [0, 0.1) is 0 Å². The third-order valence-electron chi connectivity index (χ3n) is 3.10. The van der Waals surface area contributed by atoms with Crippen LogP contribution in [0.25, 0.3) is 0 Å². The number of anilines is 1. The number of morpholine rings is 1. The Morgan fingerprint density at radius 1 is 1.40 bits per heavy atom. The zero-order chi connectivity index (χ0) is 14.4. The van der Waals surface area contributed by atoms with Gasteiger partial charge in [-0.2, -0.15) is 0 Å². The summed E-state index contributed by atoms with van der Waals surface area (Å²) in [5.74, 6) is -1.06. The van der Waals surface area contributed by atoms with Gasteiger partial charge in [0.05, 0.1) is 6.61 Å². The molecule has 0 bridgehead atoms. The van der Waals surface area contributed by atoms with E-state index in [4.69, 9.17) is 9.84 Å². The number of carbonyl (C=O) groups is 2. The summed E-state index contributed by atoms with van der Waals surface area (Å²) in [5, 5.41) is 14.6. The summed E-state index contributed by atoms with van der Waals surface area (Å²) in [4.78, 5) is 22.7. The normalized spacial score (nSPS) is 18.5. The minimum absolute atomic E-state index is 0.0361. The molecule has 0 saturated carbocycles. The fourth-order valence-electron chi connectivity index (χ4n) is 2.05. The first-order chi connectivity index (χ1) is 9.66. The Hall–Kier alpha value is -1.92. The molecule has 1 aromatic carbocycles. The number of carbonyl (C=O) groups excluding carboxylic acids is 1. The summed E-state index contributed by atoms with van der Waals surface area (Å²) >= 11 is 0. The number of carboxylic acids is 1. The number of para-hydroxylation sites is 1. The van der Waals surface area contributed by atoms with Gasteiger partial charge in [-0.25, -0.2) is 0 Å². The Kier molecular flexibility index (Phi) is 5.09. The third kappa shape index (κ3) is 4.04. The number of benzene rings is 1. The lowest BCUT2D eigenvalue weighted by Gasteiger charge is -2.23. The molecule has 3 N–H and O–H groups in total. The van der Waals surface area contributed by atoms with Crippen molar-refractivity contribution in [3.8, 4) is 0 Å². The second-order valence-electron chi connectivity index (χ2n) is 4.60. The van der Waals surface area contributed by atoms with Crippen molar-refractivity contribution in [1.82, 2.24) is 5.32 Å². The second kappa shape index (κ2) is 7.02.